The third-order valence-electron chi connectivity index (χ3n) is 1.89. The molecule has 15 heavy (non-hydrogen) atoms. The van der Waals surface area contributed by atoms with Gasteiger partial charge in [-0.3, -0.25) is 9.05 Å². The lowest BCUT2D eigenvalue weighted by Crippen LogP contribution is -2.31. The van der Waals surface area contributed by atoms with Crippen molar-refractivity contribution >= 4 is 7.82 Å². The van der Waals surface area contributed by atoms with E-state index in [2.05, 4.69) is 4.52 Å². The van der Waals surface area contributed by atoms with E-state index in [0.29, 0.717) is 6.54 Å². The van der Waals surface area contributed by atoms with E-state index in [0.717, 1.165) is 0 Å². The van der Waals surface area contributed by atoms with Gasteiger partial charge in [-0.15, -0.1) is 0 Å². The largest absolute Gasteiger partial charge is 0.474 e. The molecule has 1 N–H and O–H groups in total. The second-order valence-corrected chi connectivity index (χ2v) is 4.46. The Morgan fingerprint density at radius 3 is 2.87 bits per heavy atom. The number of rotatable bonds is 5. The van der Waals surface area contributed by atoms with Crippen molar-refractivity contribution in [2.24, 2.45) is 0 Å². The van der Waals surface area contributed by atoms with Gasteiger partial charge in [0.1, 0.15) is 6.23 Å². The number of phosphoric ester groups is 1. The monoisotopic (exact) mass is 233 g/mol. The Hall–Kier alpha value is -0.610. The van der Waals surface area contributed by atoms with Crippen molar-refractivity contribution in [3.8, 4) is 0 Å². The van der Waals surface area contributed by atoms with Gasteiger partial charge in [-0.2, -0.15) is 0 Å². The highest BCUT2D eigenvalue weighted by molar-refractivity contribution is 7.47. The van der Waals surface area contributed by atoms with E-state index in [4.69, 9.17) is 4.52 Å². The summed E-state index contributed by atoms with van der Waals surface area (Å²) < 4.78 is 20.9. The minimum atomic E-state index is -3.91. The normalized spacial score (nSPS) is 21.4. The molecule has 0 aromatic heterocycles. The first kappa shape index (κ1) is 12.5. The average Bonchev–Trinajstić information content (AvgIpc) is 2.18. The van der Waals surface area contributed by atoms with Crippen LogP contribution in [0.2, 0.25) is 0 Å². The van der Waals surface area contributed by atoms with Gasteiger partial charge in [0, 0.05) is 12.7 Å². The summed E-state index contributed by atoms with van der Waals surface area (Å²) in [7, 11) is -3.91. The molecule has 2 unspecified atom stereocenters. The Balaban J connectivity index is 2.47. The van der Waals surface area contributed by atoms with E-state index in [1.165, 1.54) is 0 Å². The molecule has 0 aromatic carbocycles. The van der Waals surface area contributed by atoms with Gasteiger partial charge in [0.25, 0.3) is 0 Å². The molecule has 0 radical (unpaired) electrons. The third-order valence-corrected chi connectivity index (χ3v) is 3.04. The van der Waals surface area contributed by atoms with E-state index in [-0.39, 0.29) is 6.61 Å². The first-order valence-corrected chi connectivity index (χ1v) is 6.29. The summed E-state index contributed by atoms with van der Waals surface area (Å²) in [6.07, 6.45) is 6.99. The predicted molar refractivity (Wildman–Crippen MR) is 57.0 cm³/mol. The Morgan fingerprint density at radius 1 is 1.60 bits per heavy atom. The van der Waals surface area contributed by atoms with Crippen molar-refractivity contribution in [3.63, 3.8) is 0 Å². The van der Waals surface area contributed by atoms with Crippen LogP contribution >= 0.6 is 7.82 Å². The van der Waals surface area contributed by atoms with Gasteiger partial charge in [-0.05, 0) is 19.9 Å². The molecule has 1 rings (SSSR count). The lowest BCUT2D eigenvalue weighted by Gasteiger charge is -2.28. The molecule has 5 nitrogen and oxygen atoms in total. The van der Waals surface area contributed by atoms with E-state index >= 15 is 0 Å². The highest BCUT2D eigenvalue weighted by atomic mass is 31.2. The van der Waals surface area contributed by atoms with Gasteiger partial charge in [-0.1, -0.05) is 12.2 Å². The molecular formula is C9H16NO4P. The fourth-order valence-electron chi connectivity index (χ4n) is 1.20. The highest BCUT2D eigenvalue weighted by Gasteiger charge is 2.25. The molecule has 0 aromatic rings. The molecule has 2 atom stereocenters. The molecule has 0 amide bonds. The minimum absolute atomic E-state index is 0.149. The molecule has 1 aliphatic heterocycles. The number of hydrogen-bond acceptors (Lipinski definition) is 4. The maximum atomic E-state index is 11.3. The zero-order chi connectivity index (χ0) is 11.3. The topological polar surface area (TPSA) is 59.0 Å². The molecule has 0 bridgehead atoms. The lowest BCUT2D eigenvalue weighted by molar-refractivity contribution is 0.0404. The van der Waals surface area contributed by atoms with Crippen molar-refractivity contribution in [1.29, 1.82) is 0 Å². The van der Waals surface area contributed by atoms with Gasteiger partial charge in [0.2, 0.25) is 0 Å². The zero-order valence-corrected chi connectivity index (χ0v) is 9.76. The fraction of sp³-hybridized carbons (Fsp3) is 0.556. The summed E-state index contributed by atoms with van der Waals surface area (Å²) in [4.78, 5) is 11.1. The molecule has 6 heteroatoms. The molecular weight excluding hydrogens is 217 g/mol. The Kier molecular flexibility index (Phi) is 4.54. The SMILES string of the molecule is CCOP(=O)(O)OC(C)N1C=CC=CC1. The van der Waals surface area contributed by atoms with Crippen LogP contribution in [0.25, 0.3) is 0 Å². The van der Waals surface area contributed by atoms with Crippen LogP contribution in [-0.2, 0) is 13.6 Å². The standard InChI is InChI=1S/C9H16NO4P/c1-3-13-15(11,12)14-9(2)10-7-5-4-6-8-10/h4-7,9H,3,8H2,1-2H3,(H,11,12). The highest BCUT2D eigenvalue weighted by Crippen LogP contribution is 2.44. The van der Waals surface area contributed by atoms with Gasteiger partial charge < -0.3 is 9.79 Å². The average molecular weight is 233 g/mol. The maximum Gasteiger partial charge on any atom is 0.474 e. The molecule has 0 spiro atoms. The number of allylic oxidation sites excluding steroid dienone is 2. The van der Waals surface area contributed by atoms with Gasteiger partial charge in [0.15, 0.2) is 0 Å². The number of hydrogen-bond donors (Lipinski definition) is 1. The van der Waals surface area contributed by atoms with Crippen LogP contribution in [0.1, 0.15) is 13.8 Å². The fourth-order valence-corrected chi connectivity index (χ4v) is 2.09. The maximum absolute atomic E-state index is 11.3. The van der Waals surface area contributed by atoms with Crippen LogP contribution in [0.4, 0.5) is 0 Å². The van der Waals surface area contributed by atoms with E-state index in [9.17, 15) is 9.46 Å². The Morgan fingerprint density at radius 2 is 2.33 bits per heavy atom. The van der Waals surface area contributed by atoms with Gasteiger partial charge in [-0.25, -0.2) is 4.57 Å². The summed E-state index contributed by atoms with van der Waals surface area (Å²) in [6.45, 7) is 4.14. The van der Waals surface area contributed by atoms with Crippen molar-refractivity contribution in [2.45, 2.75) is 20.1 Å². The van der Waals surface area contributed by atoms with E-state index in [1.807, 2.05) is 18.2 Å². The molecule has 1 aliphatic rings. The second kappa shape index (κ2) is 5.47. The van der Waals surface area contributed by atoms with Gasteiger partial charge >= 0.3 is 7.82 Å². The van der Waals surface area contributed by atoms with Crippen molar-refractivity contribution in [1.82, 2.24) is 4.90 Å². The number of phosphoric acid groups is 1. The first-order valence-electron chi connectivity index (χ1n) is 4.80. The Bertz CT molecular complexity index is 302. The van der Waals surface area contributed by atoms with Crippen molar-refractivity contribution in [3.05, 3.63) is 24.4 Å². The van der Waals surface area contributed by atoms with Crippen LogP contribution in [0.5, 0.6) is 0 Å². The van der Waals surface area contributed by atoms with Crippen LogP contribution in [-0.4, -0.2) is 29.2 Å². The molecule has 1 heterocycles. The third kappa shape index (κ3) is 4.18. The summed E-state index contributed by atoms with van der Waals surface area (Å²) in [5.74, 6) is 0. The van der Waals surface area contributed by atoms with E-state index in [1.54, 1.807) is 24.9 Å². The van der Waals surface area contributed by atoms with Crippen LogP contribution in [0, 0.1) is 0 Å². The second-order valence-electron chi connectivity index (χ2n) is 3.06. The smallest absolute Gasteiger partial charge is 0.348 e. The van der Waals surface area contributed by atoms with Crippen LogP contribution in [0.3, 0.4) is 0 Å². The van der Waals surface area contributed by atoms with Crippen LogP contribution < -0.4 is 0 Å². The molecule has 0 saturated heterocycles. The molecule has 0 fully saturated rings. The lowest BCUT2D eigenvalue weighted by atomic mass is 10.3. The van der Waals surface area contributed by atoms with Crippen LogP contribution in [0.15, 0.2) is 24.4 Å². The summed E-state index contributed by atoms with van der Waals surface area (Å²) in [5, 5.41) is 0. The predicted octanol–water partition coefficient (Wildman–Crippen LogP) is 1.87. The Labute approximate surface area is 89.6 Å². The molecule has 0 aliphatic carbocycles. The minimum Gasteiger partial charge on any atom is -0.348 e. The quantitative estimate of drug-likeness (QED) is 0.734. The summed E-state index contributed by atoms with van der Waals surface area (Å²) >= 11 is 0. The first-order chi connectivity index (χ1) is 7.05. The molecule has 86 valence electrons. The number of nitrogens with zero attached hydrogens (tertiary/aromatic N) is 1. The van der Waals surface area contributed by atoms with E-state index < -0.39 is 14.1 Å². The summed E-state index contributed by atoms with van der Waals surface area (Å²) in [5.41, 5.74) is 0. The molecule has 0 saturated carbocycles. The zero-order valence-electron chi connectivity index (χ0n) is 8.87. The van der Waals surface area contributed by atoms with Gasteiger partial charge in [0.05, 0.1) is 6.61 Å². The van der Waals surface area contributed by atoms with Crippen molar-refractivity contribution in [2.75, 3.05) is 13.2 Å². The summed E-state index contributed by atoms with van der Waals surface area (Å²) in [6, 6.07) is 0. The van der Waals surface area contributed by atoms with Crippen molar-refractivity contribution < 1.29 is 18.5 Å².